The molecule has 0 saturated carbocycles. The molecule has 0 radical (unpaired) electrons. The highest BCUT2D eigenvalue weighted by Gasteiger charge is 2.18. The second-order valence-electron chi connectivity index (χ2n) is 4.31. The standard InChI is InChI=1S/C10H18N2OS/c1-7-8(2)14-9(11-7)12(5)6-10(3,4)13/h13H,6H2,1-5H3. The van der Waals surface area contributed by atoms with Crippen molar-refractivity contribution in [2.24, 2.45) is 0 Å². The molecule has 0 aromatic carbocycles. The largest absolute Gasteiger partial charge is 0.389 e. The molecule has 14 heavy (non-hydrogen) atoms. The van der Waals surface area contributed by atoms with Crippen LogP contribution in [0.2, 0.25) is 0 Å². The molecule has 0 fully saturated rings. The number of rotatable bonds is 3. The molecular formula is C10H18N2OS. The van der Waals surface area contributed by atoms with Crippen LogP contribution >= 0.6 is 11.3 Å². The van der Waals surface area contributed by atoms with Gasteiger partial charge in [0, 0.05) is 18.5 Å². The number of nitrogens with zero attached hydrogens (tertiary/aromatic N) is 2. The molecule has 3 nitrogen and oxygen atoms in total. The summed E-state index contributed by atoms with van der Waals surface area (Å²) in [5, 5.41) is 10.6. The van der Waals surface area contributed by atoms with Gasteiger partial charge in [-0.25, -0.2) is 4.98 Å². The number of hydrogen-bond donors (Lipinski definition) is 1. The molecule has 4 heteroatoms. The van der Waals surface area contributed by atoms with E-state index < -0.39 is 5.60 Å². The fraction of sp³-hybridized carbons (Fsp3) is 0.700. The topological polar surface area (TPSA) is 36.4 Å². The minimum atomic E-state index is -0.678. The summed E-state index contributed by atoms with van der Waals surface area (Å²) in [6.07, 6.45) is 0. The lowest BCUT2D eigenvalue weighted by Crippen LogP contribution is -2.36. The van der Waals surface area contributed by atoms with Crippen LogP contribution in [0.1, 0.15) is 24.4 Å². The highest BCUT2D eigenvalue weighted by atomic mass is 32.1. The van der Waals surface area contributed by atoms with E-state index in [1.807, 2.05) is 18.9 Å². The molecule has 1 aromatic heterocycles. The Bertz CT molecular complexity index is 295. The summed E-state index contributed by atoms with van der Waals surface area (Å²) in [6, 6.07) is 0. The second kappa shape index (κ2) is 3.87. The van der Waals surface area contributed by atoms with Crippen molar-refractivity contribution < 1.29 is 5.11 Å². The van der Waals surface area contributed by atoms with Crippen LogP contribution in [-0.4, -0.2) is 29.3 Å². The fourth-order valence-corrected chi connectivity index (χ4v) is 2.14. The molecule has 1 rings (SSSR count). The van der Waals surface area contributed by atoms with Gasteiger partial charge in [-0.15, -0.1) is 11.3 Å². The molecule has 0 atom stereocenters. The second-order valence-corrected chi connectivity index (χ2v) is 5.49. The maximum absolute atomic E-state index is 9.66. The minimum absolute atomic E-state index is 0.597. The monoisotopic (exact) mass is 214 g/mol. The lowest BCUT2D eigenvalue weighted by molar-refractivity contribution is 0.0886. The van der Waals surface area contributed by atoms with Crippen LogP contribution in [0.5, 0.6) is 0 Å². The van der Waals surface area contributed by atoms with Crippen molar-refractivity contribution in [1.29, 1.82) is 0 Å². The predicted molar refractivity (Wildman–Crippen MR) is 61.2 cm³/mol. The number of anilines is 1. The maximum Gasteiger partial charge on any atom is 0.185 e. The van der Waals surface area contributed by atoms with Gasteiger partial charge in [-0.05, 0) is 27.7 Å². The average Bonchev–Trinajstić information content (AvgIpc) is 2.28. The molecule has 0 aliphatic heterocycles. The lowest BCUT2D eigenvalue weighted by Gasteiger charge is -2.24. The van der Waals surface area contributed by atoms with E-state index in [9.17, 15) is 5.11 Å². The first-order valence-corrected chi connectivity index (χ1v) is 5.49. The van der Waals surface area contributed by atoms with Gasteiger partial charge in [0.05, 0.1) is 11.3 Å². The molecule has 0 aliphatic carbocycles. The molecule has 0 saturated heterocycles. The first-order chi connectivity index (χ1) is 6.29. The highest BCUT2D eigenvalue weighted by molar-refractivity contribution is 7.15. The van der Waals surface area contributed by atoms with E-state index in [0.29, 0.717) is 6.54 Å². The Morgan fingerprint density at radius 3 is 2.36 bits per heavy atom. The van der Waals surface area contributed by atoms with Gasteiger partial charge in [0.2, 0.25) is 0 Å². The zero-order chi connectivity index (χ0) is 10.9. The third-order valence-corrected chi connectivity index (χ3v) is 3.16. The van der Waals surface area contributed by atoms with Crippen molar-refractivity contribution >= 4 is 16.5 Å². The fourth-order valence-electron chi connectivity index (χ4n) is 1.27. The van der Waals surface area contributed by atoms with Gasteiger partial charge in [-0.2, -0.15) is 0 Å². The molecule has 0 spiro atoms. The molecule has 1 heterocycles. The van der Waals surface area contributed by atoms with E-state index in [1.54, 1.807) is 25.2 Å². The van der Waals surface area contributed by atoms with E-state index in [2.05, 4.69) is 11.9 Å². The zero-order valence-electron chi connectivity index (χ0n) is 9.46. The van der Waals surface area contributed by atoms with Gasteiger partial charge in [0.15, 0.2) is 5.13 Å². The normalized spacial score (nSPS) is 11.9. The number of aryl methyl sites for hydroxylation is 2. The Morgan fingerprint density at radius 2 is 2.00 bits per heavy atom. The van der Waals surface area contributed by atoms with Crippen molar-refractivity contribution in [1.82, 2.24) is 4.98 Å². The summed E-state index contributed by atoms with van der Waals surface area (Å²) in [7, 11) is 1.95. The van der Waals surface area contributed by atoms with Crippen LogP contribution in [0.4, 0.5) is 5.13 Å². The SMILES string of the molecule is Cc1nc(N(C)CC(C)(C)O)sc1C. The van der Waals surface area contributed by atoms with Gasteiger partial charge < -0.3 is 10.0 Å². The average molecular weight is 214 g/mol. The van der Waals surface area contributed by atoms with Crippen molar-refractivity contribution in [3.63, 3.8) is 0 Å². The maximum atomic E-state index is 9.66. The van der Waals surface area contributed by atoms with Crippen molar-refractivity contribution in [3.8, 4) is 0 Å². The van der Waals surface area contributed by atoms with Gasteiger partial charge >= 0.3 is 0 Å². The number of thiazole rings is 1. The van der Waals surface area contributed by atoms with Crippen molar-refractivity contribution in [3.05, 3.63) is 10.6 Å². The first kappa shape index (κ1) is 11.5. The summed E-state index contributed by atoms with van der Waals surface area (Å²) in [5.41, 5.74) is 0.398. The molecule has 1 aromatic rings. The predicted octanol–water partition coefficient (Wildman–Crippen LogP) is 1.97. The molecule has 0 aliphatic rings. The number of aromatic nitrogens is 1. The summed E-state index contributed by atoms with van der Waals surface area (Å²) in [5.74, 6) is 0. The quantitative estimate of drug-likeness (QED) is 0.835. The number of hydrogen-bond acceptors (Lipinski definition) is 4. The zero-order valence-corrected chi connectivity index (χ0v) is 10.3. The van der Waals surface area contributed by atoms with E-state index in [4.69, 9.17) is 0 Å². The Hall–Kier alpha value is -0.610. The Labute approximate surface area is 89.4 Å². The van der Waals surface area contributed by atoms with Crippen LogP contribution in [0.15, 0.2) is 0 Å². The molecular weight excluding hydrogens is 196 g/mol. The molecule has 1 N–H and O–H groups in total. The van der Waals surface area contributed by atoms with Crippen LogP contribution in [0.25, 0.3) is 0 Å². The summed E-state index contributed by atoms with van der Waals surface area (Å²) >= 11 is 1.67. The van der Waals surface area contributed by atoms with Gasteiger partial charge in [0.25, 0.3) is 0 Å². The van der Waals surface area contributed by atoms with Gasteiger partial charge in [-0.3, -0.25) is 0 Å². The smallest absolute Gasteiger partial charge is 0.185 e. The first-order valence-electron chi connectivity index (χ1n) is 4.67. The van der Waals surface area contributed by atoms with Crippen LogP contribution in [0.3, 0.4) is 0 Å². The van der Waals surface area contributed by atoms with Crippen molar-refractivity contribution in [2.75, 3.05) is 18.5 Å². The van der Waals surface area contributed by atoms with E-state index in [1.165, 1.54) is 4.88 Å². The van der Waals surface area contributed by atoms with E-state index in [-0.39, 0.29) is 0 Å². The molecule has 0 bridgehead atoms. The van der Waals surface area contributed by atoms with Crippen LogP contribution in [0, 0.1) is 13.8 Å². The number of likely N-dealkylation sites (N-methyl/N-ethyl adjacent to an activating group) is 1. The summed E-state index contributed by atoms with van der Waals surface area (Å²) < 4.78 is 0. The Balaban J connectivity index is 2.75. The van der Waals surface area contributed by atoms with E-state index >= 15 is 0 Å². The van der Waals surface area contributed by atoms with E-state index in [0.717, 1.165) is 10.8 Å². The van der Waals surface area contributed by atoms with Gasteiger partial charge in [0.1, 0.15) is 0 Å². The molecule has 80 valence electrons. The van der Waals surface area contributed by atoms with Crippen LogP contribution in [-0.2, 0) is 0 Å². The highest BCUT2D eigenvalue weighted by Crippen LogP contribution is 2.25. The minimum Gasteiger partial charge on any atom is -0.389 e. The summed E-state index contributed by atoms with van der Waals surface area (Å²) in [4.78, 5) is 7.66. The third-order valence-electron chi connectivity index (χ3n) is 1.97. The molecule has 0 unspecified atom stereocenters. The Kier molecular flexibility index (Phi) is 3.17. The van der Waals surface area contributed by atoms with Crippen molar-refractivity contribution in [2.45, 2.75) is 33.3 Å². The van der Waals surface area contributed by atoms with Gasteiger partial charge in [-0.1, -0.05) is 0 Å². The summed E-state index contributed by atoms with van der Waals surface area (Å²) in [6.45, 7) is 8.27. The third kappa shape index (κ3) is 2.96. The molecule has 0 amide bonds. The number of aliphatic hydroxyl groups is 1. The lowest BCUT2D eigenvalue weighted by atomic mass is 10.1. The Morgan fingerprint density at radius 1 is 1.43 bits per heavy atom. The van der Waals surface area contributed by atoms with Crippen LogP contribution < -0.4 is 4.90 Å².